The zero-order chi connectivity index (χ0) is 31.2. The van der Waals surface area contributed by atoms with Gasteiger partial charge in [0.1, 0.15) is 12.9 Å². The van der Waals surface area contributed by atoms with E-state index in [0.29, 0.717) is 13.0 Å². The summed E-state index contributed by atoms with van der Waals surface area (Å²) in [6, 6.07) is 0. The van der Waals surface area contributed by atoms with Crippen molar-refractivity contribution < 1.29 is 102 Å². The minimum Gasteiger partial charge on any atom is -0.790 e. The number of carbonyl (C=O) groups excluding carboxylic acids is 2. The Hall–Kier alpha value is 0.970. The van der Waals surface area contributed by atoms with Crippen molar-refractivity contribution >= 4 is 19.7 Å². The summed E-state index contributed by atoms with van der Waals surface area (Å²) in [4.78, 5) is 44.7. The van der Waals surface area contributed by atoms with Gasteiger partial charge in [0, 0.05) is 26.5 Å². The number of carbonyl (C=O) groups is 2. The molecule has 0 aliphatic carbocycles. The van der Waals surface area contributed by atoms with E-state index in [0.717, 1.165) is 57.9 Å². The van der Waals surface area contributed by atoms with Crippen LogP contribution < -0.4 is 74.2 Å². The summed E-state index contributed by atoms with van der Waals surface area (Å²) in [5.41, 5.74) is 0. The van der Waals surface area contributed by atoms with E-state index in [1.54, 1.807) is 6.92 Å². The molecule has 1 amide bonds. The van der Waals surface area contributed by atoms with E-state index in [9.17, 15) is 23.9 Å². The Morgan fingerprint density at radius 2 is 1.16 bits per heavy atom. The predicted molar refractivity (Wildman–Crippen MR) is 162 cm³/mol. The molecule has 1 atom stereocenters. The van der Waals surface area contributed by atoms with E-state index < -0.39 is 26.5 Å². The van der Waals surface area contributed by atoms with Crippen LogP contribution in [0.1, 0.15) is 149 Å². The van der Waals surface area contributed by atoms with Gasteiger partial charge in [-0.25, -0.2) is 0 Å². The molecule has 0 aliphatic rings. The van der Waals surface area contributed by atoms with Gasteiger partial charge in [0.2, 0.25) is 5.91 Å². The minimum atomic E-state index is -5.18. The zero-order valence-electron chi connectivity index (χ0n) is 28.6. The maximum atomic E-state index is 12.2. The average molecular weight is 668 g/mol. The van der Waals surface area contributed by atoms with Gasteiger partial charge >= 0.3 is 65.1 Å². The van der Waals surface area contributed by atoms with Gasteiger partial charge in [0.15, 0.2) is 0 Å². The number of nitrogens with one attached hydrogen (secondary N) is 1. The SMILES string of the molecule is CCCCCCCCCCCCC(=O)O[C@@H](COCOCCCCCCCCCCCCNC(C)=O)COP(=O)([O-])[O-].[Na+].[Na+]. The molecular weight excluding hydrogens is 607 g/mol. The molecular formula is C31H60NNa2O9P. The van der Waals surface area contributed by atoms with Crippen molar-refractivity contribution in [3.05, 3.63) is 0 Å². The van der Waals surface area contributed by atoms with Crippen LogP contribution in [0.2, 0.25) is 0 Å². The molecule has 44 heavy (non-hydrogen) atoms. The molecule has 0 bridgehead atoms. The molecule has 0 aromatic heterocycles. The number of hydrogen-bond acceptors (Lipinski definition) is 9. The van der Waals surface area contributed by atoms with E-state index in [1.165, 1.54) is 70.6 Å². The number of hydrogen-bond donors (Lipinski definition) is 1. The summed E-state index contributed by atoms with van der Waals surface area (Å²) >= 11 is 0. The van der Waals surface area contributed by atoms with E-state index in [-0.39, 0.29) is 84.8 Å². The molecule has 0 spiro atoms. The van der Waals surface area contributed by atoms with E-state index >= 15 is 0 Å². The summed E-state index contributed by atoms with van der Waals surface area (Å²) < 4.78 is 31.4. The molecule has 0 aromatic rings. The molecule has 0 aliphatic heterocycles. The number of phosphoric ester groups is 1. The largest absolute Gasteiger partial charge is 1.00 e. The number of rotatable bonds is 32. The molecule has 0 saturated heterocycles. The third-order valence-electron chi connectivity index (χ3n) is 7.01. The Bertz CT molecular complexity index is 687. The van der Waals surface area contributed by atoms with Crippen LogP contribution in [0.4, 0.5) is 0 Å². The fourth-order valence-corrected chi connectivity index (χ4v) is 4.95. The van der Waals surface area contributed by atoms with Crippen molar-refractivity contribution in [3.63, 3.8) is 0 Å². The second-order valence-corrected chi connectivity index (χ2v) is 12.4. The summed E-state index contributed by atoms with van der Waals surface area (Å²) in [7, 11) is -5.18. The van der Waals surface area contributed by atoms with Crippen molar-refractivity contribution in [1.29, 1.82) is 0 Å². The van der Waals surface area contributed by atoms with Gasteiger partial charge < -0.3 is 38.4 Å². The second-order valence-electron chi connectivity index (χ2n) is 11.2. The average Bonchev–Trinajstić information content (AvgIpc) is 2.93. The molecule has 0 unspecified atom stereocenters. The molecule has 0 heterocycles. The minimum absolute atomic E-state index is 0. The molecule has 0 rings (SSSR count). The number of unbranched alkanes of at least 4 members (excludes halogenated alkanes) is 18. The van der Waals surface area contributed by atoms with Gasteiger partial charge in [-0.1, -0.05) is 116 Å². The monoisotopic (exact) mass is 667 g/mol. The van der Waals surface area contributed by atoms with Crippen LogP contribution in [0.25, 0.3) is 0 Å². The summed E-state index contributed by atoms with van der Waals surface area (Å²) in [6.45, 7) is 4.39. The van der Waals surface area contributed by atoms with E-state index in [4.69, 9.17) is 14.2 Å². The molecule has 10 nitrogen and oxygen atoms in total. The van der Waals surface area contributed by atoms with Crippen LogP contribution in [0.5, 0.6) is 0 Å². The molecule has 0 radical (unpaired) electrons. The standard InChI is InChI=1S/C31H62NO9P.2Na/c1-3-4-5-6-7-8-11-14-17-20-23-31(34)41-30(27-40-42(35,36)37)26-39-28-38-25-22-19-16-13-10-9-12-15-18-21-24-32-29(2)33;;/h30H,3-28H2,1-2H3,(H,32,33)(H2,35,36,37);;/q;2*+1/p-2/t30-;;/m0../s1. The third-order valence-corrected chi connectivity index (χ3v) is 7.48. The number of amides is 1. The Labute approximate surface area is 312 Å². The Kier molecular flexibility index (Phi) is 41.3. The molecule has 0 saturated carbocycles. The van der Waals surface area contributed by atoms with Crippen molar-refractivity contribution in [2.45, 2.75) is 155 Å². The number of esters is 1. The molecule has 1 N–H and O–H groups in total. The third kappa shape index (κ3) is 41.0. The van der Waals surface area contributed by atoms with Crippen LogP contribution in [0.3, 0.4) is 0 Å². The van der Waals surface area contributed by atoms with Crippen LogP contribution in [0, 0.1) is 0 Å². The molecule has 0 aromatic carbocycles. The van der Waals surface area contributed by atoms with E-state index in [2.05, 4.69) is 16.8 Å². The van der Waals surface area contributed by atoms with Crippen LogP contribution in [0.15, 0.2) is 0 Å². The first-order valence-corrected chi connectivity index (χ1v) is 18.0. The number of phosphoric acid groups is 1. The van der Waals surface area contributed by atoms with Gasteiger partial charge in [0.25, 0.3) is 0 Å². The van der Waals surface area contributed by atoms with Crippen molar-refractivity contribution in [3.8, 4) is 0 Å². The number of ether oxygens (including phenoxy) is 3. The normalized spacial score (nSPS) is 11.8. The zero-order valence-corrected chi connectivity index (χ0v) is 33.5. The van der Waals surface area contributed by atoms with Gasteiger partial charge in [-0.15, -0.1) is 0 Å². The fourth-order valence-electron chi connectivity index (χ4n) is 4.60. The molecule has 0 fully saturated rings. The van der Waals surface area contributed by atoms with Gasteiger partial charge in [-0.05, 0) is 19.3 Å². The maximum absolute atomic E-state index is 12.2. The first-order valence-electron chi connectivity index (χ1n) is 16.5. The quantitative estimate of drug-likeness (QED) is 0.0347. The van der Waals surface area contributed by atoms with Gasteiger partial charge in [-0.3, -0.25) is 9.59 Å². The van der Waals surface area contributed by atoms with Gasteiger partial charge in [0.05, 0.1) is 21.0 Å². The Balaban J connectivity index is -0.00000840. The van der Waals surface area contributed by atoms with Crippen LogP contribution in [-0.2, 0) is 32.9 Å². The molecule has 13 heteroatoms. The van der Waals surface area contributed by atoms with E-state index in [1.807, 2.05) is 0 Å². The van der Waals surface area contributed by atoms with Gasteiger partial charge in [-0.2, -0.15) is 0 Å². The summed E-state index contributed by atoms with van der Waals surface area (Å²) in [6.07, 6.45) is 22.3. The molecule has 250 valence electrons. The fraction of sp³-hybridized carbons (Fsp3) is 0.935. The Morgan fingerprint density at radius 1 is 0.682 bits per heavy atom. The second kappa shape index (κ2) is 36.8. The topological polar surface area (TPSA) is 146 Å². The summed E-state index contributed by atoms with van der Waals surface area (Å²) in [5.74, 6) is -0.419. The van der Waals surface area contributed by atoms with Crippen molar-refractivity contribution in [1.82, 2.24) is 5.32 Å². The van der Waals surface area contributed by atoms with Crippen LogP contribution in [-0.4, -0.2) is 51.1 Å². The van der Waals surface area contributed by atoms with Crippen molar-refractivity contribution in [2.75, 3.05) is 33.2 Å². The maximum Gasteiger partial charge on any atom is 1.00 e. The predicted octanol–water partition coefficient (Wildman–Crippen LogP) is 0.0903. The smallest absolute Gasteiger partial charge is 0.790 e. The van der Waals surface area contributed by atoms with Crippen LogP contribution >= 0.6 is 7.82 Å². The summed E-state index contributed by atoms with van der Waals surface area (Å²) in [5, 5.41) is 2.82. The van der Waals surface area contributed by atoms with Crippen molar-refractivity contribution in [2.24, 2.45) is 0 Å². The first kappa shape index (κ1) is 49.4. The Morgan fingerprint density at radius 3 is 1.66 bits per heavy atom. The first-order chi connectivity index (χ1) is 20.2.